The van der Waals surface area contributed by atoms with Gasteiger partial charge < -0.3 is 14.5 Å². The van der Waals surface area contributed by atoms with Crippen LogP contribution in [-0.2, 0) is 27.9 Å². The van der Waals surface area contributed by atoms with Gasteiger partial charge in [0.05, 0.1) is 5.69 Å². The van der Waals surface area contributed by atoms with E-state index in [4.69, 9.17) is 14.5 Å². The molecule has 2 heterocycles. The van der Waals surface area contributed by atoms with Crippen LogP contribution in [0.4, 0.5) is 0 Å². The van der Waals surface area contributed by atoms with E-state index < -0.39 is 5.60 Å². The van der Waals surface area contributed by atoms with Crippen LogP contribution in [0.2, 0.25) is 0 Å². The molecule has 110 valence electrons. The van der Waals surface area contributed by atoms with Gasteiger partial charge in [0.1, 0.15) is 11.4 Å². The number of ether oxygens (including phenoxy) is 2. The summed E-state index contributed by atoms with van der Waals surface area (Å²) in [5, 5.41) is 0. The molecule has 0 radical (unpaired) electrons. The minimum atomic E-state index is -0.474. The zero-order valence-corrected chi connectivity index (χ0v) is 12.0. The number of rotatable bonds is 3. The molecule has 20 heavy (non-hydrogen) atoms. The Morgan fingerprint density at radius 3 is 2.80 bits per heavy atom. The highest BCUT2D eigenvalue weighted by molar-refractivity contribution is 5.22. The Morgan fingerprint density at radius 1 is 1.30 bits per heavy atom. The van der Waals surface area contributed by atoms with Crippen LogP contribution in [0.5, 0.6) is 0 Å². The summed E-state index contributed by atoms with van der Waals surface area (Å²) in [6.45, 7) is 3.90. The second-order valence-electron chi connectivity index (χ2n) is 5.59. The number of fused-ring (bicyclic) bond motifs is 1. The van der Waals surface area contributed by atoms with Gasteiger partial charge in [-0.1, -0.05) is 0 Å². The Morgan fingerprint density at radius 2 is 2.05 bits per heavy atom. The molecule has 5 nitrogen and oxygen atoms in total. The maximum absolute atomic E-state index is 12.3. The molecule has 0 spiro atoms. The van der Waals surface area contributed by atoms with Gasteiger partial charge in [0.25, 0.3) is 5.56 Å². The first-order valence-electron chi connectivity index (χ1n) is 7.59. The molecule has 2 aliphatic rings. The summed E-state index contributed by atoms with van der Waals surface area (Å²) in [6, 6.07) is 0. The molecule has 1 aromatic rings. The molecule has 0 aromatic carbocycles. The predicted molar refractivity (Wildman–Crippen MR) is 74.9 cm³/mol. The van der Waals surface area contributed by atoms with E-state index in [1.54, 1.807) is 0 Å². The number of nitrogens with one attached hydrogen (secondary N) is 1. The first kappa shape index (κ1) is 13.8. The second-order valence-corrected chi connectivity index (χ2v) is 5.59. The van der Waals surface area contributed by atoms with Crippen LogP contribution in [0, 0.1) is 0 Å². The lowest BCUT2D eigenvalue weighted by molar-refractivity contribution is -0.118. The largest absolute Gasteiger partial charge is 0.381 e. The molecular weight excluding hydrogens is 256 g/mol. The second kappa shape index (κ2) is 5.66. The van der Waals surface area contributed by atoms with Crippen molar-refractivity contribution < 1.29 is 9.47 Å². The van der Waals surface area contributed by atoms with Gasteiger partial charge in [-0.15, -0.1) is 0 Å². The van der Waals surface area contributed by atoms with E-state index in [0.717, 1.165) is 49.8 Å². The molecule has 3 rings (SSSR count). The quantitative estimate of drug-likeness (QED) is 0.914. The molecule has 1 fully saturated rings. The Bertz CT molecular complexity index is 527. The Labute approximate surface area is 118 Å². The Kier molecular flexibility index (Phi) is 3.89. The van der Waals surface area contributed by atoms with Crippen LogP contribution in [0.3, 0.4) is 0 Å². The first-order chi connectivity index (χ1) is 9.75. The highest BCUT2D eigenvalue weighted by Gasteiger charge is 2.38. The lowest BCUT2D eigenvalue weighted by atomic mass is 9.91. The first-order valence-corrected chi connectivity index (χ1v) is 7.59. The van der Waals surface area contributed by atoms with Crippen molar-refractivity contribution in [3.8, 4) is 0 Å². The maximum atomic E-state index is 12.3. The average Bonchev–Trinajstić information content (AvgIpc) is 2.48. The van der Waals surface area contributed by atoms with Crippen LogP contribution in [0.1, 0.15) is 49.7 Å². The maximum Gasteiger partial charge on any atom is 0.254 e. The third kappa shape index (κ3) is 2.40. The average molecular weight is 278 g/mol. The standard InChI is InChI=1S/C15H22N2O3/c1-2-20-15(7-9-19-10-8-15)14-16-12-6-4-3-5-11(12)13(18)17-14/h2-10H2,1H3,(H,16,17,18). The van der Waals surface area contributed by atoms with E-state index in [0.29, 0.717) is 25.6 Å². The third-order valence-electron chi connectivity index (χ3n) is 4.34. The number of aromatic amines is 1. The molecule has 1 aliphatic carbocycles. The number of H-pyrrole nitrogens is 1. The van der Waals surface area contributed by atoms with Crippen molar-refractivity contribution in [3.63, 3.8) is 0 Å². The van der Waals surface area contributed by atoms with Gasteiger partial charge in [0.15, 0.2) is 0 Å². The summed E-state index contributed by atoms with van der Waals surface area (Å²) < 4.78 is 11.4. The molecule has 0 bridgehead atoms. The van der Waals surface area contributed by atoms with Gasteiger partial charge in [0.2, 0.25) is 0 Å². The highest BCUT2D eigenvalue weighted by atomic mass is 16.5. The molecule has 5 heteroatoms. The van der Waals surface area contributed by atoms with Crippen molar-refractivity contribution in [2.24, 2.45) is 0 Å². The molecule has 1 aliphatic heterocycles. The molecule has 0 amide bonds. The van der Waals surface area contributed by atoms with E-state index in [-0.39, 0.29) is 5.56 Å². The minimum Gasteiger partial charge on any atom is -0.381 e. The van der Waals surface area contributed by atoms with Crippen LogP contribution < -0.4 is 5.56 Å². The van der Waals surface area contributed by atoms with E-state index in [1.165, 1.54) is 0 Å². The highest BCUT2D eigenvalue weighted by Crippen LogP contribution is 2.34. The summed E-state index contributed by atoms with van der Waals surface area (Å²) in [4.78, 5) is 20.0. The fraction of sp³-hybridized carbons (Fsp3) is 0.733. The summed E-state index contributed by atoms with van der Waals surface area (Å²) in [5.74, 6) is 0.702. The number of aryl methyl sites for hydroxylation is 1. The fourth-order valence-electron chi connectivity index (χ4n) is 3.25. The summed E-state index contributed by atoms with van der Waals surface area (Å²) in [6.07, 6.45) is 5.47. The molecule has 0 saturated carbocycles. The van der Waals surface area contributed by atoms with Crippen LogP contribution in [0.25, 0.3) is 0 Å². The number of nitrogens with zero attached hydrogens (tertiary/aromatic N) is 1. The van der Waals surface area contributed by atoms with Gasteiger partial charge in [-0.25, -0.2) is 4.98 Å². The van der Waals surface area contributed by atoms with E-state index >= 15 is 0 Å². The molecule has 0 atom stereocenters. The monoisotopic (exact) mass is 278 g/mol. The Hall–Kier alpha value is -1.20. The summed E-state index contributed by atoms with van der Waals surface area (Å²) in [7, 11) is 0. The lowest BCUT2D eigenvalue weighted by Gasteiger charge is -2.36. The molecular formula is C15H22N2O3. The summed E-state index contributed by atoms with van der Waals surface area (Å²) in [5.41, 5.74) is 1.40. The predicted octanol–water partition coefficient (Wildman–Crippen LogP) is 1.69. The number of hydrogen-bond acceptors (Lipinski definition) is 4. The van der Waals surface area contributed by atoms with Crippen molar-refractivity contribution in [1.29, 1.82) is 0 Å². The molecule has 1 aromatic heterocycles. The molecule has 0 unspecified atom stereocenters. The number of hydrogen-bond donors (Lipinski definition) is 1. The van der Waals surface area contributed by atoms with Crippen molar-refractivity contribution in [2.75, 3.05) is 19.8 Å². The fourth-order valence-corrected chi connectivity index (χ4v) is 3.25. The van der Waals surface area contributed by atoms with Crippen molar-refractivity contribution in [3.05, 3.63) is 27.4 Å². The van der Waals surface area contributed by atoms with Gasteiger partial charge in [-0.05, 0) is 32.6 Å². The van der Waals surface area contributed by atoms with Crippen LogP contribution >= 0.6 is 0 Å². The van der Waals surface area contributed by atoms with Crippen molar-refractivity contribution in [1.82, 2.24) is 9.97 Å². The third-order valence-corrected chi connectivity index (χ3v) is 4.34. The van der Waals surface area contributed by atoms with Crippen molar-refractivity contribution >= 4 is 0 Å². The normalized spacial score (nSPS) is 21.4. The van der Waals surface area contributed by atoms with Gasteiger partial charge in [-0.2, -0.15) is 0 Å². The zero-order chi connectivity index (χ0) is 14.0. The smallest absolute Gasteiger partial charge is 0.254 e. The number of aromatic nitrogens is 2. The minimum absolute atomic E-state index is 0.0234. The van der Waals surface area contributed by atoms with Gasteiger partial charge in [-0.3, -0.25) is 4.79 Å². The SMILES string of the molecule is CCOC1(c2nc3c(c(=O)[nH]2)CCCC3)CCOCC1. The van der Waals surface area contributed by atoms with Crippen molar-refractivity contribution in [2.45, 2.75) is 51.0 Å². The lowest BCUT2D eigenvalue weighted by Crippen LogP contribution is -2.40. The van der Waals surface area contributed by atoms with Gasteiger partial charge >= 0.3 is 0 Å². The topological polar surface area (TPSA) is 64.2 Å². The van der Waals surface area contributed by atoms with E-state index in [2.05, 4.69) is 4.98 Å². The molecule has 1 saturated heterocycles. The van der Waals surface area contributed by atoms with Crippen LogP contribution in [0.15, 0.2) is 4.79 Å². The Balaban J connectivity index is 2.03. The van der Waals surface area contributed by atoms with E-state index in [1.807, 2.05) is 6.92 Å². The van der Waals surface area contributed by atoms with Gasteiger partial charge in [0, 0.05) is 38.2 Å². The molecule has 1 N–H and O–H groups in total. The summed E-state index contributed by atoms with van der Waals surface area (Å²) >= 11 is 0. The van der Waals surface area contributed by atoms with Crippen LogP contribution in [-0.4, -0.2) is 29.8 Å². The van der Waals surface area contributed by atoms with E-state index in [9.17, 15) is 4.79 Å². The zero-order valence-electron chi connectivity index (χ0n) is 12.0.